The van der Waals surface area contributed by atoms with Crippen molar-refractivity contribution in [1.29, 1.82) is 0 Å². The second-order valence-electron chi connectivity index (χ2n) is 8.79. The molecule has 1 saturated heterocycles. The highest BCUT2D eigenvalue weighted by Gasteiger charge is 2.47. The Kier molecular flexibility index (Phi) is 5.84. The van der Waals surface area contributed by atoms with E-state index in [1.807, 2.05) is 12.1 Å². The smallest absolute Gasteiger partial charge is 0.123 e. The lowest BCUT2D eigenvalue weighted by molar-refractivity contribution is -0.103. The van der Waals surface area contributed by atoms with Crippen LogP contribution in [0.3, 0.4) is 0 Å². The van der Waals surface area contributed by atoms with E-state index in [1.165, 1.54) is 36.8 Å². The zero-order chi connectivity index (χ0) is 19.5. The van der Waals surface area contributed by atoms with Gasteiger partial charge in [0.1, 0.15) is 5.82 Å². The van der Waals surface area contributed by atoms with E-state index >= 15 is 0 Å². The van der Waals surface area contributed by atoms with Crippen LogP contribution in [0.5, 0.6) is 0 Å². The Morgan fingerprint density at radius 2 is 1.71 bits per heavy atom. The van der Waals surface area contributed by atoms with Crippen LogP contribution in [0.25, 0.3) is 0 Å². The van der Waals surface area contributed by atoms with Crippen LogP contribution < -0.4 is 5.32 Å². The summed E-state index contributed by atoms with van der Waals surface area (Å²) in [5.41, 5.74) is 2.70. The van der Waals surface area contributed by atoms with Crippen LogP contribution in [0.1, 0.15) is 69.0 Å². The van der Waals surface area contributed by atoms with Crippen molar-refractivity contribution in [2.24, 2.45) is 0 Å². The summed E-state index contributed by atoms with van der Waals surface area (Å²) >= 11 is 0. The van der Waals surface area contributed by atoms with E-state index in [2.05, 4.69) is 42.6 Å². The molecule has 28 heavy (non-hydrogen) atoms. The van der Waals surface area contributed by atoms with Gasteiger partial charge in [0.05, 0.1) is 5.60 Å². The van der Waals surface area contributed by atoms with Gasteiger partial charge in [-0.15, -0.1) is 0 Å². The quantitative estimate of drug-likeness (QED) is 0.670. The summed E-state index contributed by atoms with van der Waals surface area (Å²) in [4.78, 5) is 0. The summed E-state index contributed by atoms with van der Waals surface area (Å²) in [6, 6.07) is 18.2. The lowest BCUT2D eigenvalue weighted by atomic mass is 9.66. The van der Waals surface area contributed by atoms with Crippen LogP contribution >= 0.6 is 0 Å². The fraction of sp³-hybridized carbons (Fsp3) is 0.520. The topological polar surface area (TPSA) is 21.3 Å². The van der Waals surface area contributed by atoms with Gasteiger partial charge in [0.25, 0.3) is 0 Å². The third-order valence-electron chi connectivity index (χ3n) is 6.97. The first-order valence-electron chi connectivity index (χ1n) is 10.8. The minimum absolute atomic E-state index is 0.0394. The third-order valence-corrected chi connectivity index (χ3v) is 6.97. The summed E-state index contributed by atoms with van der Waals surface area (Å²) in [6.07, 6.45) is 8.01. The van der Waals surface area contributed by atoms with E-state index in [-0.39, 0.29) is 16.8 Å². The van der Waals surface area contributed by atoms with Gasteiger partial charge in [-0.3, -0.25) is 0 Å². The number of rotatable bonds is 6. The maximum absolute atomic E-state index is 13.6. The summed E-state index contributed by atoms with van der Waals surface area (Å²) < 4.78 is 19.9. The molecule has 0 radical (unpaired) electrons. The Hall–Kier alpha value is -1.71. The molecule has 2 aromatic rings. The number of halogens is 1. The monoisotopic (exact) mass is 381 g/mol. The Morgan fingerprint density at radius 1 is 1.00 bits per heavy atom. The molecule has 2 atom stereocenters. The third kappa shape index (κ3) is 4.16. The van der Waals surface area contributed by atoms with Crippen LogP contribution in [0, 0.1) is 5.82 Å². The Labute approximate surface area is 168 Å². The predicted octanol–water partition coefficient (Wildman–Crippen LogP) is 5.93. The highest BCUT2D eigenvalue weighted by atomic mass is 19.1. The lowest BCUT2D eigenvalue weighted by Crippen LogP contribution is -2.47. The van der Waals surface area contributed by atoms with Crippen molar-refractivity contribution in [1.82, 2.24) is 5.32 Å². The molecule has 1 saturated carbocycles. The fourth-order valence-electron chi connectivity index (χ4n) is 5.35. The molecule has 3 heteroatoms. The number of hydrogen-bond acceptors (Lipinski definition) is 2. The van der Waals surface area contributed by atoms with Gasteiger partial charge in [-0.1, -0.05) is 55.3 Å². The van der Waals surface area contributed by atoms with Gasteiger partial charge in [0.15, 0.2) is 0 Å². The lowest BCUT2D eigenvalue weighted by Gasteiger charge is -2.47. The molecule has 1 heterocycles. The SMILES string of the molecule is CC(NCCC1(c2ccc(F)cc2)CCOC2(CCCC2)C1)c1ccccc1. The zero-order valence-electron chi connectivity index (χ0n) is 16.9. The minimum atomic E-state index is -0.155. The Morgan fingerprint density at radius 3 is 2.43 bits per heavy atom. The maximum atomic E-state index is 13.6. The molecule has 2 aliphatic rings. The first-order valence-corrected chi connectivity index (χ1v) is 10.8. The van der Waals surface area contributed by atoms with Gasteiger partial charge in [-0.2, -0.15) is 0 Å². The molecule has 1 aliphatic heterocycles. The fourth-order valence-corrected chi connectivity index (χ4v) is 5.35. The van der Waals surface area contributed by atoms with Crippen molar-refractivity contribution in [2.75, 3.05) is 13.2 Å². The second-order valence-corrected chi connectivity index (χ2v) is 8.79. The van der Waals surface area contributed by atoms with Crippen LogP contribution in [-0.4, -0.2) is 18.8 Å². The molecule has 1 N–H and O–H groups in total. The molecule has 1 spiro atoms. The molecule has 2 unspecified atom stereocenters. The van der Waals surface area contributed by atoms with Gasteiger partial charge >= 0.3 is 0 Å². The zero-order valence-corrected chi connectivity index (χ0v) is 16.9. The molecule has 0 amide bonds. The van der Waals surface area contributed by atoms with Crippen molar-refractivity contribution in [3.63, 3.8) is 0 Å². The van der Waals surface area contributed by atoms with Crippen LogP contribution in [-0.2, 0) is 10.2 Å². The van der Waals surface area contributed by atoms with Crippen LogP contribution in [0.2, 0.25) is 0 Å². The average molecular weight is 382 g/mol. The molecule has 0 aromatic heterocycles. The van der Waals surface area contributed by atoms with Crippen molar-refractivity contribution < 1.29 is 9.13 Å². The van der Waals surface area contributed by atoms with Gasteiger partial charge in [0, 0.05) is 18.1 Å². The molecule has 150 valence electrons. The first-order chi connectivity index (χ1) is 13.6. The summed E-state index contributed by atoms with van der Waals surface area (Å²) in [6.45, 7) is 3.98. The molecular weight excluding hydrogens is 349 g/mol. The number of hydrogen-bond donors (Lipinski definition) is 1. The van der Waals surface area contributed by atoms with Crippen molar-refractivity contribution in [2.45, 2.75) is 68.9 Å². The molecule has 1 aliphatic carbocycles. The van der Waals surface area contributed by atoms with Crippen LogP contribution in [0.15, 0.2) is 54.6 Å². The Bertz CT molecular complexity index is 754. The van der Waals surface area contributed by atoms with Crippen LogP contribution in [0.4, 0.5) is 4.39 Å². The second kappa shape index (κ2) is 8.34. The maximum Gasteiger partial charge on any atom is 0.123 e. The van der Waals surface area contributed by atoms with Crippen molar-refractivity contribution >= 4 is 0 Å². The van der Waals surface area contributed by atoms with Gasteiger partial charge in [-0.25, -0.2) is 4.39 Å². The van der Waals surface area contributed by atoms with Gasteiger partial charge in [0.2, 0.25) is 0 Å². The van der Waals surface area contributed by atoms with Gasteiger partial charge < -0.3 is 10.1 Å². The summed E-state index contributed by atoms with van der Waals surface area (Å²) in [5, 5.41) is 3.72. The standard InChI is InChI=1S/C25H32FNO/c1-20(21-7-3-2-4-8-21)27-17-15-24(22-9-11-23(26)12-10-22)16-18-28-25(19-24)13-5-6-14-25/h2-4,7-12,20,27H,5-6,13-19H2,1H3. The minimum Gasteiger partial charge on any atom is -0.375 e. The van der Waals surface area contributed by atoms with E-state index in [0.717, 1.165) is 32.4 Å². The van der Waals surface area contributed by atoms with E-state index in [0.29, 0.717) is 6.04 Å². The van der Waals surface area contributed by atoms with Gasteiger partial charge in [-0.05, 0) is 68.8 Å². The number of nitrogens with one attached hydrogen (secondary N) is 1. The molecule has 2 fully saturated rings. The molecular formula is C25H32FNO. The van der Waals surface area contributed by atoms with Crippen molar-refractivity contribution in [3.05, 3.63) is 71.5 Å². The highest BCUT2D eigenvalue weighted by Crippen LogP contribution is 2.50. The van der Waals surface area contributed by atoms with E-state index in [4.69, 9.17) is 4.74 Å². The van der Waals surface area contributed by atoms with E-state index in [1.54, 1.807) is 12.1 Å². The predicted molar refractivity (Wildman–Crippen MR) is 112 cm³/mol. The summed E-state index contributed by atoms with van der Waals surface area (Å²) in [5.74, 6) is -0.155. The Balaban J connectivity index is 1.51. The average Bonchev–Trinajstić information content (AvgIpc) is 3.16. The molecule has 0 bridgehead atoms. The highest BCUT2D eigenvalue weighted by molar-refractivity contribution is 5.28. The van der Waals surface area contributed by atoms with E-state index in [9.17, 15) is 4.39 Å². The van der Waals surface area contributed by atoms with E-state index < -0.39 is 0 Å². The largest absolute Gasteiger partial charge is 0.375 e. The molecule has 4 rings (SSSR count). The number of ether oxygens (including phenoxy) is 1. The number of benzene rings is 2. The molecule has 2 nitrogen and oxygen atoms in total. The molecule has 2 aromatic carbocycles. The first kappa shape index (κ1) is 19.6. The normalized spacial score (nSPS) is 25.1. The van der Waals surface area contributed by atoms with Crippen molar-refractivity contribution in [3.8, 4) is 0 Å². The summed E-state index contributed by atoms with van der Waals surface area (Å²) in [7, 11) is 0.